The fourth-order valence-corrected chi connectivity index (χ4v) is 15.2. The van der Waals surface area contributed by atoms with E-state index in [1.165, 1.54) is 111 Å². The van der Waals surface area contributed by atoms with Crippen molar-refractivity contribution in [3.05, 3.63) is 284 Å². The lowest BCUT2D eigenvalue weighted by molar-refractivity contribution is 1.10. The minimum absolute atomic E-state index is 0.545. The number of nitrogens with zero attached hydrogens (tertiary/aromatic N) is 4. The van der Waals surface area contributed by atoms with Gasteiger partial charge in [-0.25, -0.2) is 9.83 Å². The third-order valence-electron chi connectivity index (χ3n) is 18.4. The van der Waals surface area contributed by atoms with E-state index < -0.39 is 0 Å². The summed E-state index contributed by atoms with van der Waals surface area (Å²) < 4.78 is 4.94. The lowest BCUT2D eigenvalue weighted by Crippen LogP contribution is -2.04. The molecule has 0 unspecified atom stereocenters. The Kier molecular flexibility index (Phi) is 13.6. The van der Waals surface area contributed by atoms with Crippen LogP contribution in [0.3, 0.4) is 0 Å². The third-order valence-corrected chi connectivity index (χ3v) is 18.4. The van der Waals surface area contributed by atoms with Crippen molar-refractivity contribution in [1.29, 1.82) is 0 Å². The van der Waals surface area contributed by atoms with Gasteiger partial charge in [-0.05, 0) is 256 Å². The molecule has 0 spiro atoms. The molecule has 3 aromatic heterocycles. The maximum atomic E-state index is 9.28. The van der Waals surface area contributed by atoms with Crippen molar-refractivity contribution in [2.45, 2.75) is 83.1 Å². The number of hydrogen-bond acceptors (Lipinski definition) is 1. The van der Waals surface area contributed by atoms with Gasteiger partial charge < -0.3 is 9.13 Å². The molecule has 14 aromatic rings. The minimum atomic E-state index is 0.545. The van der Waals surface area contributed by atoms with Gasteiger partial charge in [0.15, 0.2) is 5.69 Å². The molecule has 3 heterocycles. The molecule has 0 saturated heterocycles. The summed E-state index contributed by atoms with van der Waals surface area (Å²) >= 11 is 0. The maximum Gasteiger partial charge on any atom is 0.197 e. The number of fused-ring (bicyclic) bond motifs is 6. The Balaban J connectivity index is 1.13. The predicted molar refractivity (Wildman–Crippen MR) is 374 cm³/mol. The molecular formula is C84H70N4. The molecule has 0 aliphatic rings. The number of benzene rings is 11. The van der Waals surface area contributed by atoms with Crippen molar-refractivity contribution in [2.75, 3.05) is 0 Å². The van der Waals surface area contributed by atoms with E-state index in [1.54, 1.807) is 0 Å². The number of rotatable bonds is 9. The summed E-state index contributed by atoms with van der Waals surface area (Å²) in [6.45, 7) is 35.9. The second-order valence-electron chi connectivity index (χ2n) is 25.0. The molecule has 0 saturated carbocycles. The summed E-state index contributed by atoms with van der Waals surface area (Å²) in [6.07, 6.45) is 0. The quantitative estimate of drug-likeness (QED) is 0.132. The van der Waals surface area contributed by atoms with E-state index in [-0.39, 0.29) is 0 Å². The van der Waals surface area contributed by atoms with Gasteiger partial charge in [0.2, 0.25) is 0 Å². The second-order valence-corrected chi connectivity index (χ2v) is 25.0. The average Bonchev–Trinajstić information content (AvgIpc) is 1.65. The van der Waals surface area contributed by atoms with Crippen LogP contribution in [-0.2, 0) is 0 Å². The molecule has 88 heavy (non-hydrogen) atoms. The summed E-state index contributed by atoms with van der Waals surface area (Å²) in [6, 6.07) is 76.3. The summed E-state index contributed by atoms with van der Waals surface area (Å²) in [5, 5.41) is 4.61. The van der Waals surface area contributed by atoms with E-state index in [0.29, 0.717) is 5.69 Å². The zero-order valence-corrected chi connectivity index (χ0v) is 52.4. The van der Waals surface area contributed by atoms with Crippen LogP contribution in [0.25, 0.3) is 138 Å². The molecule has 0 radical (unpaired) electrons. The molecule has 0 fully saturated rings. The molecular weight excluding hydrogens is 1060 g/mol. The van der Waals surface area contributed by atoms with Gasteiger partial charge in [-0.3, -0.25) is 0 Å². The van der Waals surface area contributed by atoms with Crippen molar-refractivity contribution >= 4 is 49.3 Å². The van der Waals surface area contributed by atoms with Crippen LogP contribution < -0.4 is 0 Å². The molecule has 0 amide bonds. The highest BCUT2D eigenvalue weighted by Crippen LogP contribution is 2.48. The minimum Gasteiger partial charge on any atom is -0.308 e. The van der Waals surface area contributed by atoms with E-state index in [4.69, 9.17) is 4.98 Å². The van der Waals surface area contributed by atoms with Crippen molar-refractivity contribution < 1.29 is 0 Å². The molecule has 426 valence electrons. The Labute approximate surface area is 517 Å². The van der Waals surface area contributed by atoms with Crippen LogP contribution in [0.5, 0.6) is 0 Å². The number of aromatic nitrogens is 3. The SMILES string of the molecule is [C-]#[N+]c1cc(-n2c3ccc(-c4c(C)cc(C)cc4C)cc3c3cc(-c4c(C)cc(C)cc4C)ccc32)c(-n2c3ccc(-c4c(C)cc(C)cc4C)cc3c3cc(-c4c(C)cc(C)cc4C)ccc32)cc1-c1cc(-c2ccccc2)nc(-c2ccccc2)c1. The average molecular weight is 1140 g/mol. The lowest BCUT2D eigenvalue weighted by Gasteiger charge is -2.21. The molecule has 0 aliphatic heterocycles. The standard InChI is InChI=1S/C84H70N4/c1-48-32-52(5)81(53(6)33-48)62-24-28-75-68(40-62)69-41-63(82-54(7)34-49(2)35-55(82)8)25-29-76(69)87(75)79-46-67(66-44-72(60-20-16-14-17-21-60)86-73(45-66)61-22-18-15-19-23-61)74(85-13)47-80(79)88-77-30-26-64(83-56(9)36-50(3)37-57(83)10)42-70(77)71-43-65(27-31-78(71)88)84-58(11)38-51(4)39-59(84)12/h14-47H,1-12H3. The molecule has 14 rings (SSSR count). The normalized spacial score (nSPS) is 11.6. The van der Waals surface area contributed by atoms with Crippen LogP contribution in [0, 0.1) is 89.7 Å². The first-order chi connectivity index (χ1) is 42.5. The maximum absolute atomic E-state index is 9.28. The highest BCUT2D eigenvalue weighted by atomic mass is 15.1. The van der Waals surface area contributed by atoms with Gasteiger partial charge in [-0.15, -0.1) is 0 Å². The highest BCUT2D eigenvalue weighted by molar-refractivity contribution is 6.15. The molecule has 0 N–H and O–H groups in total. The Morgan fingerprint density at radius 1 is 0.284 bits per heavy atom. The van der Waals surface area contributed by atoms with Gasteiger partial charge in [0.25, 0.3) is 0 Å². The third kappa shape index (κ3) is 9.41. The van der Waals surface area contributed by atoms with Crippen molar-refractivity contribution in [3.8, 4) is 89.5 Å². The van der Waals surface area contributed by atoms with Crippen LogP contribution in [0.15, 0.2) is 206 Å². The van der Waals surface area contributed by atoms with Crippen LogP contribution >= 0.6 is 0 Å². The van der Waals surface area contributed by atoms with Gasteiger partial charge in [0.1, 0.15) is 0 Å². The molecule has 0 atom stereocenters. The zero-order valence-electron chi connectivity index (χ0n) is 52.4. The molecule has 4 nitrogen and oxygen atoms in total. The van der Waals surface area contributed by atoms with Crippen LogP contribution in [-0.4, -0.2) is 14.1 Å². The van der Waals surface area contributed by atoms with Crippen LogP contribution in [0.4, 0.5) is 5.69 Å². The smallest absolute Gasteiger partial charge is 0.197 e. The Bertz CT molecular complexity index is 4890. The number of hydrogen-bond donors (Lipinski definition) is 0. The molecule has 4 heteroatoms. The largest absolute Gasteiger partial charge is 0.308 e. The number of pyridine rings is 1. The topological polar surface area (TPSA) is 27.1 Å². The summed E-state index contributed by atoms with van der Waals surface area (Å²) in [4.78, 5) is 9.87. The van der Waals surface area contributed by atoms with E-state index in [0.717, 1.165) is 88.6 Å². The summed E-state index contributed by atoms with van der Waals surface area (Å²) in [5.41, 5.74) is 37.0. The van der Waals surface area contributed by atoms with Crippen LogP contribution in [0.1, 0.15) is 66.8 Å². The summed E-state index contributed by atoms with van der Waals surface area (Å²) in [7, 11) is 0. The fraction of sp³-hybridized carbons (Fsp3) is 0.143. The zero-order chi connectivity index (χ0) is 61.0. The van der Waals surface area contributed by atoms with Crippen molar-refractivity contribution in [1.82, 2.24) is 14.1 Å². The first-order valence-corrected chi connectivity index (χ1v) is 30.7. The van der Waals surface area contributed by atoms with Gasteiger partial charge in [-0.1, -0.05) is 156 Å². The predicted octanol–water partition coefficient (Wildman–Crippen LogP) is 23.2. The first-order valence-electron chi connectivity index (χ1n) is 30.7. The second kappa shape index (κ2) is 21.6. The van der Waals surface area contributed by atoms with E-state index >= 15 is 0 Å². The van der Waals surface area contributed by atoms with Gasteiger partial charge >= 0.3 is 0 Å². The summed E-state index contributed by atoms with van der Waals surface area (Å²) in [5.74, 6) is 0. The fourth-order valence-electron chi connectivity index (χ4n) is 15.2. The van der Waals surface area contributed by atoms with Gasteiger partial charge in [0, 0.05) is 32.7 Å². The van der Waals surface area contributed by atoms with Gasteiger partial charge in [0.05, 0.1) is 51.4 Å². The van der Waals surface area contributed by atoms with E-state index in [1.807, 2.05) is 12.1 Å². The molecule has 11 aromatic carbocycles. The van der Waals surface area contributed by atoms with Crippen molar-refractivity contribution in [2.24, 2.45) is 0 Å². The molecule has 0 aliphatic carbocycles. The van der Waals surface area contributed by atoms with Crippen molar-refractivity contribution in [3.63, 3.8) is 0 Å². The first kappa shape index (κ1) is 55.5. The van der Waals surface area contributed by atoms with E-state index in [9.17, 15) is 6.57 Å². The monoisotopic (exact) mass is 1130 g/mol. The number of aryl methyl sites for hydroxylation is 12. The van der Waals surface area contributed by atoms with E-state index in [2.05, 4.69) is 291 Å². The Morgan fingerprint density at radius 2 is 0.568 bits per heavy atom. The van der Waals surface area contributed by atoms with Gasteiger partial charge in [-0.2, -0.15) is 0 Å². The lowest BCUT2D eigenvalue weighted by atomic mass is 9.91. The van der Waals surface area contributed by atoms with Crippen LogP contribution in [0.2, 0.25) is 0 Å². The molecule has 0 bridgehead atoms. The Morgan fingerprint density at radius 3 is 0.852 bits per heavy atom. The Hall–Kier alpha value is -10.3. The highest BCUT2D eigenvalue weighted by Gasteiger charge is 2.26.